The molecular weight excluding hydrogens is 211 g/mol. The van der Waals surface area contributed by atoms with Crippen molar-refractivity contribution in [2.75, 3.05) is 12.0 Å². The molecule has 0 heterocycles. The summed E-state index contributed by atoms with van der Waals surface area (Å²) in [6.07, 6.45) is -3.28. The van der Waals surface area contributed by atoms with E-state index in [1.54, 1.807) is 6.26 Å². The van der Waals surface area contributed by atoms with Crippen LogP contribution in [0.1, 0.15) is 5.56 Å². The molecule has 1 aromatic rings. The van der Waals surface area contributed by atoms with E-state index in [4.69, 9.17) is 5.73 Å². The zero-order valence-electron chi connectivity index (χ0n) is 7.56. The van der Waals surface area contributed by atoms with Crippen LogP contribution in [0.5, 0.6) is 0 Å². The molecule has 0 aromatic heterocycles. The van der Waals surface area contributed by atoms with Gasteiger partial charge in [0, 0.05) is 10.6 Å². The van der Waals surface area contributed by atoms with Gasteiger partial charge in [0.25, 0.3) is 0 Å². The van der Waals surface area contributed by atoms with E-state index in [1.165, 1.54) is 30.0 Å². The summed E-state index contributed by atoms with van der Waals surface area (Å²) in [5, 5.41) is 0. The molecule has 0 saturated carbocycles. The van der Waals surface area contributed by atoms with E-state index in [-0.39, 0.29) is 5.56 Å². The maximum atomic E-state index is 12.0. The van der Waals surface area contributed by atoms with E-state index in [9.17, 15) is 13.2 Å². The van der Waals surface area contributed by atoms with E-state index < -0.39 is 12.6 Å². The molecule has 0 atom stereocenters. The van der Waals surface area contributed by atoms with Gasteiger partial charge in [-0.3, -0.25) is 0 Å². The van der Waals surface area contributed by atoms with Gasteiger partial charge >= 0.3 is 6.18 Å². The van der Waals surface area contributed by atoms with Gasteiger partial charge in [0.15, 0.2) is 0 Å². The van der Waals surface area contributed by atoms with Gasteiger partial charge in [-0.1, -0.05) is 6.07 Å². The summed E-state index contributed by atoms with van der Waals surface area (Å²) in [7, 11) is 0. The van der Waals surface area contributed by atoms with Gasteiger partial charge in [-0.05, 0) is 24.0 Å². The third kappa shape index (κ3) is 3.14. The molecule has 0 bridgehead atoms. The third-order valence-corrected chi connectivity index (χ3v) is 2.50. The van der Waals surface area contributed by atoms with Crippen LogP contribution in [0.15, 0.2) is 23.1 Å². The molecule has 0 aliphatic rings. The summed E-state index contributed by atoms with van der Waals surface area (Å²) in [5.41, 5.74) is 6.33. The van der Waals surface area contributed by atoms with Gasteiger partial charge in [0.2, 0.25) is 0 Å². The lowest BCUT2D eigenvalue weighted by Crippen LogP contribution is -2.11. The van der Waals surface area contributed by atoms with Gasteiger partial charge in [-0.25, -0.2) is 0 Å². The number of halogens is 3. The number of nitrogen functional groups attached to an aromatic ring is 1. The first-order valence-electron chi connectivity index (χ1n) is 3.91. The molecular formula is C9H10F3NS. The van der Waals surface area contributed by atoms with Gasteiger partial charge in [-0.15, -0.1) is 11.8 Å². The van der Waals surface area contributed by atoms with Crippen LogP contribution in [0.2, 0.25) is 0 Å². The highest BCUT2D eigenvalue weighted by atomic mass is 32.2. The molecule has 1 nitrogen and oxygen atoms in total. The predicted octanol–water partition coefficient (Wildman–Crippen LogP) is 3.10. The molecule has 0 aliphatic carbocycles. The van der Waals surface area contributed by atoms with Crippen molar-refractivity contribution in [2.24, 2.45) is 0 Å². The maximum Gasteiger partial charge on any atom is 0.393 e. The summed E-state index contributed by atoms with van der Waals surface area (Å²) in [6, 6.07) is 4.39. The summed E-state index contributed by atoms with van der Waals surface area (Å²) in [4.78, 5) is 0.687. The summed E-state index contributed by atoms with van der Waals surface area (Å²) in [6.45, 7) is 0. The SMILES string of the molecule is CSc1cc(CC(F)(F)F)ccc1N. The fourth-order valence-corrected chi connectivity index (χ4v) is 1.67. The average Bonchev–Trinajstić information content (AvgIpc) is 2.06. The number of alkyl halides is 3. The lowest BCUT2D eigenvalue weighted by molar-refractivity contribution is -0.127. The highest BCUT2D eigenvalue weighted by molar-refractivity contribution is 7.98. The molecule has 5 heteroatoms. The quantitative estimate of drug-likeness (QED) is 0.613. The number of anilines is 1. The molecule has 0 aliphatic heterocycles. The molecule has 0 radical (unpaired) electrons. The lowest BCUT2D eigenvalue weighted by Gasteiger charge is -2.08. The zero-order valence-corrected chi connectivity index (χ0v) is 8.38. The fourth-order valence-electron chi connectivity index (χ4n) is 1.10. The topological polar surface area (TPSA) is 26.0 Å². The second-order valence-electron chi connectivity index (χ2n) is 2.87. The van der Waals surface area contributed by atoms with Crippen molar-refractivity contribution in [1.29, 1.82) is 0 Å². The number of hydrogen-bond donors (Lipinski definition) is 1. The largest absolute Gasteiger partial charge is 0.398 e. The van der Waals surface area contributed by atoms with Crippen LogP contribution < -0.4 is 5.73 Å². The average molecular weight is 221 g/mol. The van der Waals surface area contributed by atoms with Crippen molar-refractivity contribution in [2.45, 2.75) is 17.5 Å². The number of benzene rings is 1. The van der Waals surface area contributed by atoms with Crippen molar-refractivity contribution >= 4 is 17.4 Å². The minimum atomic E-state index is -4.16. The number of hydrogen-bond acceptors (Lipinski definition) is 2. The van der Waals surface area contributed by atoms with E-state index in [0.29, 0.717) is 10.6 Å². The summed E-state index contributed by atoms with van der Waals surface area (Å²) < 4.78 is 36.1. The monoisotopic (exact) mass is 221 g/mol. The van der Waals surface area contributed by atoms with Gasteiger partial charge in [0.1, 0.15) is 0 Å². The first kappa shape index (κ1) is 11.2. The molecule has 1 aromatic carbocycles. The Kier molecular flexibility index (Phi) is 3.31. The zero-order chi connectivity index (χ0) is 10.8. The van der Waals surface area contributed by atoms with Crippen LogP contribution in [-0.4, -0.2) is 12.4 Å². The van der Waals surface area contributed by atoms with Crippen molar-refractivity contribution in [3.63, 3.8) is 0 Å². The van der Waals surface area contributed by atoms with Crippen LogP contribution in [-0.2, 0) is 6.42 Å². The molecule has 2 N–H and O–H groups in total. The van der Waals surface area contributed by atoms with E-state index in [0.717, 1.165) is 0 Å². The van der Waals surface area contributed by atoms with Crippen molar-refractivity contribution in [3.8, 4) is 0 Å². The van der Waals surface area contributed by atoms with Gasteiger partial charge < -0.3 is 5.73 Å². The Balaban J connectivity index is 2.90. The van der Waals surface area contributed by atoms with Crippen LogP contribution >= 0.6 is 11.8 Å². The Morgan fingerprint density at radius 3 is 2.50 bits per heavy atom. The third-order valence-electron chi connectivity index (χ3n) is 1.70. The first-order chi connectivity index (χ1) is 6.42. The highest BCUT2D eigenvalue weighted by Crippen LogP contribution is 2.27. The highest BCUT2D eigenvalue weighted by Gasteiger charge is 2.27. The Bertz CT molecular complexity index is 322. The maximum absolute atomic E-state index is 12.0. The Morgan fingerprint density at radius 1 is 1.36 bits per heavy atom. The standard InChI is InChI=1S/C9H10F3NS/c1-14-8-4-6(2-3-7(8)13)5-9(10,11)12/h2-4H,5,13H2,1H3. The second kappa shape index (κ2) is 4.13. The van der Waals surface area contributed by atoms with Gasteiger partial charge in [-0.2, -0.15) is 13.2 Å². The Hall–Kier alpha value is -0.840. The Labute approximate surface area is 84.5 Å². The first-order valence-corrected chi connectivity index (χ1v) is 5.14. The molecule has 0 unspecified atom stereocenters. The van der Waals surface area contributed by atoms with Crippen LogP contribution in [0.3, 0.4) is 0 Å². The predicted molar refractivity (Wildman–Crippen MR) is 52.4 cm³/mol. The molecule has 0 spiro atoms. The van der Waals surface area contributed by atoms with Crippen molar-refractivity contribution < 1.29 is 13.2 Å². The smallest absolute Gasteiger partial charge is 0.393 e. The van der Waals surface area contributed by atoms with E-state index >= 15 is 0 Å². The minimum Gasteiger partial charge on any atom is -0.398 e. The molecule has 0 fully saturated rings. The second-order valence-corrected chi connectivity index (χ2v) is 3.72. The number of thioether (sulfide) groups is 1. The fraction of sp³-hybridized carbons (Fsp3) is 0.333. The van der Waals surface area contributed by atoms with Crippen molar-refractivity contribution in [3.05, 3.63) is 23.8 Å². The molecule has 78 valence electrons. The van der Waals surface area contributed by atoms with Crippen LogP contribution in [0.25, 0.3) is 0 Å². The molecule has 0 amide bonds. The lowest BCUT2D eigenvalue weighted by atomic mass is 10.1. The van der Waals surface area contributed by atoms with E-state index in [1.807, 2.05) is 0 Å². The number of nitrogens with two attached hydrogens (primary N) is 1. The van der Waals surface area contributed by atoms with Crippen molar-refractivity contribution in [1.82, 2.24) is 0 Å². The van der Waals surface area contributed by atoms with E-state index in [2.05, 4.69) is 0 Å². The Morgan fingerprint density at radius 2 is 2.00 bits per heavy atom. The van der Waals surface area contributed by atoms with Crippen LogP contribution in [0, 0.1) is 0 Å². The minimum absolute atomic E-state index is 0.246. The normalized spacial score (nSPS) is 11.7. The van der Waals surface area contributed by atoms with Gasteiger partial charge in [0.05, 0.1) is 6.42 Å². The van der Waals surface area contributed by atoms with Crippen LogP contribution in [0.4, 0.5) is 18.9 Å². The molecule has 14 heavy (non-hydrogen) atoms. The summed E-state index contributed by atoms with van der Waals surface area (Å²) in [5.74, 6) is 0. The number of rotatable bonds is 2. The molecule has 0 saturated heterocycles. The summed E-state index contributed by atoms with van der Waals surface area (Å²) >= 11 is 1.34. The molecule has 1 rings (SSSR count).